The molecule has 0 aromatic carbocycles. The van der Waals surface area contributed by atoms with E-state index >= 15 is 0 Å². The summed E-state index contributed by atoms with van der Waals surface area (Å²) in [6.45, 7) is 6.21. The van der Waals surface area contributed by atoms with Crippen LogP contribution in [0, 0.1) is 5.92 Å². The molecule has 0 aliphatic heterocycles. The van der Waals surface area contributed by atoms with Crippen molar-refractivity contribution in [2.45, 2.75) is 57.9 Å². The molecule has 0 bridgehead atoms. The molecule has 20 heavy (non-hydrogen) atoms. The monoisotopic (exact) mass is 297 g/mol. The smallest absolute Gasteiger partial charge is 0.265 e. The third-order valence-corrected chi connectivity index (χ3v) is 4.59. The van der Waals surface area contributed by atoms with Crippen molar-refractivity contribution in [2.75, 3.05) is 6.61 Å². The van der Waals surface area contributed by atoms with Crippen LogP contribution in [0.5, 0.6) is 0 Å². The van der Waals surface area contributed by atoms with Crippen LogP contribution in [0.4, 0.5) is 0 Å². The summed E-state index contributed by atoms with van der Waals surface area (Å²) >= 11 is 1.15. The molecule has 0 radical (unpaired) electrons. The van der Waals surface area contributed by atoms with Gasteiger partial charge in [-0.05, 0) is 24.4 Å². The van der Waals surface area contributed by atoms with Crippen LogP contribution in [0.15, 0.2) is 0 Å². The Kier molecular flexibility index (Phi) is 4.75. The molecule has 1 aromatic heterocycles. The van der Waals surface area contributed by atoms with Gasteiger partial charge < -0.3 is 10.4 Å². The average Bonchev–Trinajstić information content (AvgIpc) is 2.88. The first kappa shape index (κ1) is 15.4. The predicted molar refractivity (Wildman–Crippen MR) is 78.9 cm³/mol. The number of rotatable bonds is 3. The van der Waals surface area contributed by atoms with Crippen LogP contribution in [-0.2, 0) is 5.41 Å². The van der Waals surface area contributed by atoms with Crippen molar-refractivity contribution in [1.82, 2.24) is 14.9 Å². The molecule has 2 rings (SSSR count). The average molecular weight is 297 g/mol. The first-order valence-electron chi connectivity index (χ1n) is 7.18. The fraction of sp³-hybridized carbons (Fsp3) is 0.786. The zero-order valence-corrected chi connectivity index (χ0v) is 13.2. The quantitative estimate of drug-likeness (QED) is 0.896. The van der Waals surface area contributed by atoms with Crippen molar-refractivity contribution in [3.05, 3.63) is 10.6 Å². The molecule has 2 unspecified atom stereocenters. The van der Waals surface area contributed by atoms with Crippen molar-refractivity contribution >= 4 is 17.4 Å². The fourth-order valence-electron chi connectivity index (χ4n) is 2.68. The van der Waals surface area contributed by atoms with Crippen LogP contribution in [-0.4, -0.2) is 33.2 Å². The molecule has 1 amide bonds. The minimum absolute atomic E-state index is 0.0659. The third kappa shape index (κ3) is 3.35. The van der Waals surface area contributed by atoms with Crippen LogP contribution >= 0.6 is 11.5 Å². The molecule has 1 aromatic rings. The Morgan fingerprint density at radius 2 is 2.10 bits per heavy atom. The number of aliphatic hydroxyl groups is 1. The Hall–Kier alpha value is -1.01. The molecule has 2 atom stereocenters. The molecule has 112 valence electrons. The van der Waals surface area contributed by atoms with E-state index in [0.717, 1.165) is 42.9 Å². The molecule has 1 saturated carbocycles. The molecule has 0 spiro atoms. The lowest BCUT2D eigenvalue weighted by atomic mass is 9.85. The van der Waals surface area contributed by atoms with Gasteiger partial charge in [0.15, 0.2) is 0 Å². The maximum atomic E-state index is 12.4. The lowest BCUT2D eigenvalue weighted by molar-refractivity contribution is 0.0874. The highest BCUT2D eigenvalue weighted by Crippen LogP contribution is 2.27. The molecule has 1 aliphatic carbocycles. The minimum Gasteiger partial charge on any atom is -0.396 e. The van der Waals surface area contributed by atoms with Crippen molar-refractivity contribution in [2.24, 2.45) is 5.92 Å². The highest BCUT2D eigenvalue weighted by molar-refractivity contribution is 7.08. The Labute approximate surface area is 123 Å². The normalized spacial score (nSPS) is 23.6. The van der Waals surface area contributed by atoms with Gasteiger partial charge in [0.05, 0.1) is 5.69 Å². The summed E-state index contributed by atoms with van der Waals surface area (Å²) in [7, 11) is 0. The Bertz CT molecular complexity index is 467. The Morgan fingerprint density at radius 3 is 2.75 bits per heavy atom. The zero-order valence-electron chi connectivity index (χ0n) is 12.3. The number of nitrogens with zero attached hydrogens (tertiary/aromatic N) is 2. The van der Waals surface area contributed by atoms with E-state index in [1.54, 1.807) is 0 Å². The van der Waals surface area contributed by atoms with Gasteiger partial charge in [0.25, 0.3) is 5.91 Å². The lowest BCUT2D eigenvalue weighted by Gasteiger charge is -2.30. The summed E-state index contributed by atoms with van der Waals surface area (Å²) in [5.74, 6) is 0.0712. The van der Waals surface area contributed by atoms with Gasteiger partial charge in [-0.25, -0.2) is 0 Å². The zero-order chi connectivity index (χ0) is 14.8. The second-order valence-corrected chi connectivity index (χ2v) is 7.26. The molecule has 1 aliphatic rings. The summed E-state index contributed by atoms with van der Waals surface area (Å²) in [6, 6.07) is 0.0659. The molecule has 2 N–H and O–H groups in total. The van der Waals surface area contributed by atoms with Crippen LogP contribution in [0.25, 0.3) is 0 Å². The number of carbonyl (C=O) groups excluding carboxylic acids is 1. The van der Waals surface area contributed by atoms with Gasteiger partial charge in [-0.3, -0.25) is 4.79 Å². The van der Waals surface area contributed by atoms with E-state index in [4.69, 9.17) is 0 Å². The predicted octanol–water partition coefficient (Wildman–Crippen LogP) is 2.12. The van der Waals surface area contributed by atoms with E-state index in [0.29, 0.717) is 4.88 Å². The van der Waals surface area contributed by atoms with E-state index in [9.17, 15) is 9.90 Å². The van der Waals surface area contributed by atoms with E-state index in [1.807, 2.05) is 20.8 Å². The van der Waals surface area contributed by atoms with Crippen molar-refractivity contribution < 1.29 is 9.90 Å². The number of hydrogen-bond acceptors (Lipinski definition) is 5. The van der Waals surface area contributed by atoms with E-state index in [1.165, 1.54) is 0 Å². The summed E-state index contributed by atoms with van der Waals surface area (Å²) < 4.78 is 3.92. The van der Waals surface area contributed by atoms with Crippen LogP contribution < -0.4 is 5.32 Å². The molecule has 1 heterocycles. The largest absolute Gasteiger partial charge is 0.396 e. The fourth-order valence-corrected chi connectivity index (χ4v) is 3.46. The Balaban J connectivity index is 2.10. The number of carbonyl (C=O) groups is 1. The van der Waals surface area contributed by atoms with Gasteiger partial charge in [0.1, 0.15) is 4.88 Å². The summed E-state index contributed by atoms with van der Waals surface area (Å²) in [5, 5.41) is 16.6. The Morgan fingerprint density at radius 1 is 1.40 bits per heavy atom. The molecule has 6 heteroatoms. The SMILES string of the molecule is CC(C)(C)c1nnsc1C(=O)NC1CCCCC1CO. The standard InChI is InChI=1S/C14H23N3O2S/c1-14(2,3)12-11(20-17-16-12)13(19)15-10-7-5-4-6-9(10)8-18/h9-10,18H,4-8H2,1-3H3,(H,15,19). The lowest BCUT2D eigenvalue weighted by Crippen LogP contribution is -2.43. The maximum Gasteiger partial charge on any atom is 0.265 e. The van der Waals surface area contributed by atoms with Crippen LogP contribution in [0.1, 0.15) is 61.8 Å². The number of hydrogen-bond donors (Lipinski definition) is 2. The van der Waals surface area contributed by atoms with E-state index in [-0.39, 0.29) is 29.9 Å². The van der Waals surface area contributed by atoms with Gasteiger partial charge in [0, 0.05) is 24.0 Å². The number of amides is 1. The van der Waals surface area contributed by atoms with Gasteiger partial charge in [-0.15, -0.1) is 5.10 Å². The van der Waals surface area contributed by atoms with Crippen molar-refractivity contribution in [3.63, 3.8) is 0 Å². The van der Waals surface area contributed by atoms with E-state index in [2.05, 4.69) is 14.9 Å². The number of aromatic nitrogens is 2. The topological polar surface area (TPSA) is 75.1 Å². The number of nitrogens with one attached hydrogen (secondary N) is 1. The van der Waals surface area contributed by atoms with Crippen molar-refractivity contribution in [3.8, 4) is 0 Å². The van der Waals surface area contributed by atoms with Gasteiger partial charge >= 0.3 is 0 Å². The summed E-state index contributed by atoms with van der Waals surface area (Å²) in [5.41, 5.74) is 0.555. The first-order chi connectivity index (χ1) is 9.43. The van der Waals surface area contributed by atoms with Gasteiger partial charge in [-0.1, -0.05) is 38.1 Å². The summed E-state index contributed by atoms with van der Waals surface area (Å²) in [4.78, 5) is 13.0. The molecular formula is C14H23N3O2S. The summed E-state index contributed by atoms with van der Waals surface area (Å²) in [6.07, 6.45) is 4.16. The van der Waals surface area contributed by atoms with E-state index < -0.39 is 0 Å². The first-order valence-corrected chi connectivity index (χ1v) is 7.95. The second-order valence-electron chi connectivity index (χ2n) is 6.51. The highest BCUT2D eigenvalue weighted by Gasteiger charge is 2.30. The maximum absolute atomic E-state index is 12.4. The molecule has 0 saturated heterocycles. The number of aliphatic hydroxyl groups excluding tert-OH is 1. The van der Waals surface area contributed by atoms with Crippen LogP contribution in [0.2, 0.25) is 0 Å². The molecule has 5 nitrogen and oxygen atoms in total. The molecule has 1 fully saturated rings. The van der Waals surface area contributed by atoms with Crippen LogP contribution in [0.3, 0.4) is 0 Å². The van der Waals surface area contributed by atoms with Crippen molar-refractivity contribution in [1.29, 1.82) is 0 Å². The second kappa shape index (κ2) is 6.18. The third-order valence-electron chi connectivity index (χ3n) is 3.86. The van der Waals surface area contributed by atoms with Gasteiger partial charge in [0.2, 0.25) is 0 Å². The highest BCUT2D eigenvalue weighted by atomic mass is 32.1. The molecular weight excluding hydrogens is 274 g/mol. The minimum atomic E-state index is -0.192. The van der Waals surface area contributed by atoms with Gasteiger partial charge in [-0.2, -0.15) is 0 Å².